The average Bonchev–Trinajstić information content (AvgIpc) is 3.09. The minimum atomic E-state index is -0.435. The second-order valence-corrected chi connectivity index (χ2v) is 7.24. The van der Waals surface area contributed by atoms with Crippen molar-refractivity contribution < 1.29 is 4.79 Å². The molecule has 1 spiro atoms. The second kappa shape index (κ2) is 7.84. The molecule has 1 amide bonds. The van der Waals surface area contributed by atoms with Crippen LogP contribution in [0, 0.1) is 10.8 Å². The standard InChI is InChI=1S/C16H30N4O.HI/c1-15(2,13(21)17-3)11-19-14(18-4)20-10-9-16(12-20)7-5-6-8-16;/h5-12H2,1-4H3,(H,17,21)(H,18,19);1H. The molecular weight excluding hydrogens is 391 g/mol. The quantitative estimate of drug-likeness (QED) is 0.417. The van der Waals surface area contributed by atoms with Crippen LogP contribution in [0.15, 0.2) is 4.99 Å². The second-order valence-electron chi connectivity index (χ2n) is 7.24. The topological polar surface area (TPSA) is 56.7 Å². The summed E-state index contributed by atoms with van der Waals surface area (Å²) in [6.07, 6.45) is 6.77. The number of nitrogens with one attached hydrogen (secondary N) is 2. The van der Waals surface area contributed by atoms with Crippen LogP contribution >= 0.6 is 24.0 Å². The van der Waals surface area contributed by atoms with Crippen LogP contribution in [-0.4, -0.2) is 50.5 Å². The Morgan fingerprint density at radius 2 is 1.91 bits per heavy atom. The maximum atomic E-state index is 11.9. The van der Waals surface area contributed by atoms with Gasteiger partial charge >= 0.3 is 0 Å². The molecule has 22 heavy (non-hydrogen) atoms. The average molecular weight is 422 g/mol. The van der Waals surface area contributed by atoms with Crippen molar-refractivity contribution in [2.45, 2.75) is 46.0 Å². The number of carbonyl (C=O) groups is 1. The molecular formula is C16H31IN4O. The van der Waals surface area contributed by atoms with Crippen molar-refractivity contribution in [1.82, 2.24) is 15.5 Å². The van der Waals surface area contributed by atoms with Gasteiger partial charge in [-0.25, -0.2) is 0 Å². The van der Waals surface area contributed by atoms with E-state index in [1.165, 1.54) is 32.1 Å². The summed E-state index contributed by atoms with van der Waals surface area (Å²) in [7, 11) is 3.51. The maximum absolute atomic E-state index is 11.9. The molecule has 2 rings (SSSR count). The van der Waals surface area contributed by atoms with E-state index < -0.39 is 5.41 Å². The van der Waals surface area contributed by atoms with E-state index in [1.54, 1.807) is 7.05 Å². The number of hydrogen-bond acceptors (Lipinski definition) is 2. The number of halogens is 1. The first-order valence-electron chi connectivity index (χ1n) is 8.10. The van der Waals surface area contributed by atoms with Crippen molar-refractivity contribution in [2.24, 2.45) is 15.8 Å². The number of hydrogen-bond donors (Lipinski definition) is 2. The predicted molar refractivity (Wildman–Crippen MR) is 102 cm³/mol. The fourth-order valence-electron chi connectivity index (χ4n) is 3.70. The van der Waals surface area contributed by atoms with Crippen molar-refractivity contribution in [2.75, 3.05) is 33.7 Å². The molecule has 0 unspecified atom stereocenters. The Labute approximate surface area is 151 Å². The fourth-order valence-corrected chi connectivity index (χ4v) is 3.70. The molecule has 2 aliphatic rings. The Balaban J connectivity index is 0.00000242. The van der Waals surface area contributed by atoms with Gasteiger partial charge in [0, 0.05) is 33.7 Å². The van der Waals surface area contributed by atoms with Crippen LogP contribution < -0.4 is 10.6 Å². The summed E-state index contributed by atoms with van der Waals surface area (Å²) in [5.41, 5.74) is 0.101. The van der Waals surface area contributed by atoms with Gasteiger partial charge in [-0.3, -0.25) is 9.79 Å². The van der Waals surface area contributed by atoms with E-state index in [9.17, 15) is 4.79 Å². The highest BCUT2D eigenvalue weighted by molar-refractivity contribution is 14.0. The van der Waals surface area contributed by atoms with Gasteiger partial charge in [0.1, 0.15) is 0 Å². The lowest BCUT2D eigenvalue weighted by Gasteiger charge is -2.29. The molecule has 0 bridgehead atoms. The largest absolute Gasteiger partial charge is 0.359 e. The molecule has 0 atom stereocenters. The van der Waals surface area contributed by atoms with Gasteiger partial charge in [-0.15, -0.1) is 24.0 Å². The minimum absolute atomic E-state index is 0. The highest BCUT2D eigenvalue weighted by atomic mass is 127. The number of amides is 1. The first-order valence-corrected chi connectivity index (χ1v) is 8.10. The van der Waals surface area contributed by atoms with E-state index in [-0.39, 0.29) is 29.9 Å². The summed E-state index contributed by atoms with van der Waals surface area (Å²) in [6, 6.07) is 0. The fraction of sp³-hybridized carbons (Fsp3) is 0.875. The smallest absolute Gasteiger partial charge is 0.227 e. The minimum Gasteiger partial charge on any atom is -0.359 e. The van der Waals surface area contributed by atoms with Crippen LogP contribution in [0.5, 0.6) is 0 Å². The molecule has 1 aliphatic heterocycles. The van der Waals surface area contributed by atoms with Gasteiger partial charge in [0.15, 0.2) is 5.96 Å². The third-order valence-corrected chi connectivity index (χ3v) is 5.14. The molecule has 6 heteroatoms. The van der Waals surface area contributed by atoms with Crippen molar-refractivity contribution in [3.05, 3.63) is 0 Å². The van der Waals surface area contributed by atoms with Crippen molar-refractivity contribution in [3.63, 3.8) is 0 Å². The van der Waals surface area contributed by atoms with Crippen LogP contribution in [0.2, 0.25) is 0 Å². The summed E-state index contributed by atoms with van der Waals surface area (Å²) in [6.45, 7) is 6.71. The van der Waals surface area contributed by atoms with Gasteiger partial charge in [0.25, 0.3) is 0 Å². The van der Waals surface area contributed by atoms with Crippen LogP contribution in [0.25, 0.3) is 0 Å². The monoisotopic (exact) mass is 422 g/mol. The Morgan fingerprint density at radius 1 is 1.27 bits per heavy atom. The van der Waals surface area contributed by atoms with Crippen molar-refractivity contribution in [3.8, 4) is 0 Å². The molecule has 128 valence electrons. The zero-order valence-electron chi connectivity index (χ0n) is 14.4. The summed E-state index contributed by atoms with van der Waals surface area (Å²) >= 11 is 0. The molecule has 2 N–H and O–H groups in total. The van der Waals surface area contributed by atoms with Crippen LogP contribution in [0.3, 0.4) is 0 Å². The van der Waals surface area contributed by atoms with E-state index >= 15 is 0 Å². The SMILES string of the molecule is CN=C(NCC(C)(C)C(=O)NC)N1CCC2(CCCC2)C1.I. The third kappa shape index (κ3) is 4.26. The zero-order chi connectivity index (χ0) is 15.5. The van der Waals surface area contributed by atoms with E-state index in [0.29, 0.717) is 12.0 Å². The lowest BCUT2D eigenvalue weighted by atomic mass is 9.86. The Morgan fingerprint density at radius 3 is 2.45 bits per heavy atom. The van der Waals surface area contributed by atoms with Gasteiger partial charge in [0.2, 0.25) is 5.91 Å². The molecule has 1 aliphatic carbocycles. The normalized spacial score (nSPS) is 20.9. The molecule has 2 fully saturated rings. The van der Waals surface area contributed by atoms with Crippen molar-refractivity contribution in [1.29, 1.82) is 0 Å². The lowest BCUT2D eigenvalue weighted by Crippen LogP contribution is -2.48. The summed E-state index contributed by atoms with van der Waals surface area (Å²) in [5, 5.41) is 6.11. The molecule has 1 heterocycles. The first-order chi connectivity index (χ1) is 9.92. The van der Waals surface area contributed by atoms with Gasteiger partial charge < -0.3 is 15.5 Å². The molecule has 1 saturated heterocycles. The predicted octanol–water partition coefficient (Wildman–Crippen LogP) is 2.22. The van der Waals surface area contributed by atoms with Gasteiger partial charge in [0.05, 0.1) is 5.41 Å². The van der Waals surface area contributed by atoms with Crippen molar-refractivity contribution >= 4 is 35.8 Å². The van der Waals surface area contributed by atoms with Gasteiger partial charge in [-0.2, -0.15) is 0 Å². The summed E-state index contributed by atoms with van der Waals surface area (Å²) < 4.78 is 0. The number of nitrogens with zero attached hydrogens (tertiary/aromatic N) is 2. The molecule has 0 aromatic carbocycles. The van der Waals surface area contributed by atoms with E-state index in [4.69, 9.17) is 0 Å². The first kappa shape index (κ1) is 19.5. The number of guanidine groups is 1. The number of likely N-dealkylation sites (tertiary alicyclic amines) is 1. The zero-order valence-corrected chi connectivity index (χ0v) is 16.7. The Bertz CT molecular complexity index is 416. The maximum Gasteiger partial charge on any atom is 0.227 e. The molecule has 0 aromatic rings. The lowest BCUT2D eigenvalue weighted by molar-refractivity contribution is -0.128. The molecule has 0 radical (unpaired) electrons. The molecule has 1 saturated carbocycles. The van der Waals surface area contributed by atoms with Crippen LogP contribution in [0.1, 0.15) is 46.0 Å². The van der Waals surface area contributed by atoms with E-state index in [0.717, 1.165) is 19.0 Å². The molecule has 0 aromatic heterocycles. The van der Waals surface area contributed by atoms with Gasteiger partial charge in [-0.1, -0.05) is 12.8 Å². The summed E-state index contributed by atoms with van der Waals surface area (Å²) in [5.74, 6) is 0.995. The number of rotatable bonds is 3. The van der Waals surface area contributed by atoms with Gasteiger partial charge in [-0.05, 0) is 38.5 Å². The molecule has 5 nitrogen and oxygen atoms in total. The highest BCUT2D eigenvalue weighted by Gasteiger charge is 2.41. The van der Waals surface area contributed by atoms with Crippen LogP contribution in [-0.2, 0) is 4.79 Å². The highest BCUT2D eigenvalue weighted by Crippen LogP contribution is 2.45. The summed E-state index contributed by atoms with van der Waals surface area (Å²) in [4.78, 5) is 18.6. The number of aliphatic imine (C=N–C) groups is 1. The van der Waals surface area contributed by atoms with Crippen LogP contribution in [0.4, 0.5) is 0 Å². The third-order valence-electron chi connectivity index (χ3n) is 5.14. The Kier molecular flexibility index (Phi) is 6.95. The van der Waals surface area contributed by atoms with E-state index in [1.807, 2.05) is 20.9 Å². The number of carbonyl (C=O) groups excluding carboxylic acids is 1. The Hall–Kier alpha value is -0.530. The van der Waals surface area contributed by atoms with E-state index in [2.05, 4.69) is 20.5 Å².